The molecule has 120 valence electrons. The highest BCUT2D eigenvalue weighted by molar-refractivity contribution is 6.09. The minimum Gasteiger partial charge on any atom is -0.486 e. The van der Waals surface area contributed by atoms with Gasteiger partial charge in [0.2, 0.25) is 0 Å². The van der Waals surface area contributed by atoms with Crippen molar-refractivity contribution in [3.8, 4) is 22.6 Å². The highest BCUT2D eigenvalue weighted by Gasteiger charge is 2.16. The van der Waals surface area contributed by atoms with Crippen LogP contribution in [0.25, 0.3) is 21.9 Å². The van der Waals surface area contributed by atoms with Crippen molar-refractivity contribution in [1.82, 2.24) is 0 Å². The third-order valence-electron chi connectivity index (χ3n) is 4.18. The molecular formula is C20H16O4. The van der Waals surface area contributed by atoms with Gasteiger partial charge in [-0.2, -0.15) is 0 Å². The Morgan fingerprint density at radius 3 is 2.46 bits per heavy atom. The maximum atomic E-state index is 12.0. The van der Waals surface area contributed by atoms with E-state index < -0.39 is 0 Å². The summed E-state index contributed by atoms with van der Waals surface area (Å²) in [6.07, 6.45) is 0. The summed E-state index contributed by atoms with van der Waals surface area (Å²) in [6, 6.07) is 17.5. The lowest BCUT2D eigenvalue weighted by atomic mass is 9.95. The zero-order valence-corrected chi connectivity index (χ0v) is 13.2. The number of rotatable bonds is 2. The van der Waals surface area contributed by atoms with E-state index >= 15 is 0 Å². The van der Waals surface area contributed by atoms with E-state index in [0.717, 1.165) is 33.4 Å². The van der Waals surface area contributed by atoms with Crippen molar-refractivity contribution in [2.45, 2.75) is 0 Å². The van der Waals surface area contributed by atoms with Gasteiger partial charge < -0.3 is 14.2 Å². The molecule has 0 fully saturated rings. The number of hydrogen-bond acceptors (Lipinski definition) is 4. The zero-order chi connectivity index (χ0) is 16.5. The number of methoxy groups -OCH3 is 1. The van der Waals surface area contributed by atoms with Gasteiger partial charge in [-0.25, -0.2) is 4.79 Å². The number of ether oxygens (including phenoxy) is 3. The Bertz CT molecular complexity index is 930. The Morgan fingerprint density at radius 1 is 0.917 bits per heavy atom. The SMILES string of the molecule is COC(=O)c1ccc(-c2ccc3c(c2)OCCO3)c2ccccc12. The number of benzene rings is 3. The summed E-state index contributed by atoms with van der Waals surface area (Å²) >= 11 is 0. The first-order chi connectivity index (χ1) is 11.8. The molecule has 0 atom stereocenters. The third kappa shape index (κ3) is 2.36. The first-order valence-corrected chi connectivity index (χ1v) is 7.78. The van der Waals surface area contributed by atoms with E-state index in [1.807, 2.05) is 48.5 Å². The lowest BCUT2D eigenvalue weighted by Gasteiger charge is -2.19. The molecule has 4 heteroatoms. The molecule has 3 aromatic carbocycles. The number of carbonyl (C=O) groups excluding carboxylic acids is 1. The molecular weight excluding hydrogens is 304 g/mol. The van der Waals surface area contributed by atoms with Gasteiger partial charge in [0.25, 0.3) is 0 Å². The molecule has 0 saturated carbocycles. The van der Waals surface area contributed by atoms with Crippen molar-refractivity contribution in [1.29, 1.82) is 0 Å². The Kier molecular flexibility index (Phi) is 3.58. The van der Waals surface area contributed by atoms with Crippen molar-refractivity contribution in [2.75, 3.05) is 20.3 Å². The van der Waals surface area contributed by atoms with E-state index in [1.165, 1.54) is 7.11 Å². The van der Waals surface area contributed by atoms with Gasteiger partial charge in [-0.3, -0.25) is 0 Å². The molecule has 0 aliphatic carbocycles. The molecule has 1 aliphatic heterocycles. The van der Waals surface area contributed by atoms with Gasteiger partial charge >= 0.3 is 5.97 Å². The van der Waals surface area contributed by atoms with Gasteiger partial charge in [0.15, 0.2) is 11.5 Å². The number of fused-ring (bicyclic) bond motifs is 2. The Labute approximate surface area is 139 Å². The number of esters is 1. The van der Waals surface area contributed by atoms with Crippen LogP contribution in [-0.4, -0.2) is 26.3 Å². The van der Waals surface area contributed by atoms with Gasteiger partial charge in [0, 0.05) is 0 Å². The van der Waals surface area contributed by atoms with Crippen molar-refractivity contribution in [2.24, 2.45) is 0 Å². The van der Waals surface area contributed by atoms with Crippen LogP contribution in [0.3, 0.4) is 0 Å². The lowest BCUT2D eigenvalue weighted by Crippen LogP contribution is -2.15. The van der Waals surface area contributed by atoms with Crippen LogP contribution >= 0.6 is 0 Å². The monoisotopic (exact) mass is 320 g/mol. The van der Waals surface area contributed by atoms with E-state index in [0.29, 0.717) is 18.8 Å². The summed E-state index contributed by atoms with van der Waals surface area (Å²) in [4.78, 5) is 12.0. The Morgan fingerprint density at radius 2 is 1.67 bits per heavy atom. The van der Waals surface area contributed by atoms with Gasteiger partial charge in [-0.1, -0.05) is 36.4 Å². The molecule has 24 heavy (non-hydrogen) atoms. The molecule has 0 radical (unpaired) electrons. The van der Waals surface area contributed by atoms with Crippen molar-refractivity contribution >= 4 is 16.7 Å². The highest BCUT2D eigenvalue weighted by atomic mass is 16.6. The van der Waals surface area contributed by atoms with Gasteiger partial charge in [0.05, 0.1) is 12.7 Å². The van der Waals surface area contributed by atoms with Crippen LogP contribution < -0.4 is 9.47 Å². The second-order valence-corrected chi connectivity index (χ2v) is 5.56. The molecule has 0 saturated heterocycles. The summed E-state index contributed by atoms with van der Waals surface area (Å²) in [6.45, 7) is 1.13. The largest absolute Gasteiger partial charge is 0.486 e. The maximum absolute atomic E-state index is 12.0. The molecule has 4 rings (SSSR count). The molecule has 3 aromatic rings. The standard InChI is InChI=1S/C20H16O4/c1-22-20(21)17-8-7-14(15-4-2-3-5-16(15)17)13-6-9-18-19(12-13)24-11-10-23-18/h2-9,12H,10-11H2,1H3. The van der Waals surface area contributed by atoms with Gasteiger partial charge in [-0.05, 0) is 40.1 Å². The third-order valence-corrected chi connectivity index (χ3v) is 4.18. The smallest absolute Gasteiger partial charge is 0.338 e. The first kappa shape index (κ1) is 14.6. The van der Waals surface area contributed by atoms with E-state index in [9.17, 15) is 4.79 Å². The number of carbonyl (C=O) groups is 1. The summed E-state index contributed by atoms with van der Waals surface area (Å²) in [7, 11) is 1.39. The second-order valence-electron chi connectivity index (χ2n) is 5.56. The van der Waals surface area contributed by atoms with Crippen LogP contribution in [0.2, 0.25) is 0 Å². The van der Waals surface area contributed by atoms with Gasteiger partial charge in [-0.15, -0.1) is 0 Å². The summed E-state index contributed by atoms with van der Waals surface area (Å²) in [5.74, 6) is 1.18. The molecule has 4 nitrogen and oxygen atoms in total. The van der Waals surface area contributed by atoms with E-state index in [4.69, 9.17) is 14.2 Å². The Balaban J connectivity index is 1.90. The van der Waals surface area contributed by atoms with Crippen molar-refractivity contribution in [3.05, 3.63) is 60.2 Å². The van der Waals surface area contributed by atoms with E-state index in [1.54, 1.807) is 6.07 Å². The maximum Gasteiger partial charge on any atom is 0.338 e. The summed E-state index contributed by atoms with van der Waals surface area (Å²) < 4.78 is 16.1. The quantitative estimate of drug-likeness (QED) is 0.668. The fraction of sp³-hybridized carbons (Fsp3) is 0.150. The Hall–Kier alpha value is -3.01. The predicted octanol–water partition coefficient (Wildman–Crippen LogP) is 4.06. The predicted molar refractivity (Wildman–Crippen MR) is 91.7 cm³/mol. The molecule has 0 aromatic heterocycles. The van der Waals surface area contributed by atoms with Crippen LogP contribution in [0.5, 0.6) is 11.5 Å². The highest BCUT2D eigenvalue weighted by Crippen LogP contribution is 2.37. The molecule has 0 unspecified atom stereocenters. The topological polar surface area (TPSA) is 44.8 Å². The molecule has 0 N–H and O–H groups in total. The lowest BCUT2D eigenvalue weighted by molar-refractivity contribution is 0.0603. The minimum atomic E-state index is -0.333. The van der Waals surface area contributed by atoms with Gasteiger partial charge in [0.1, 0.15) is 13.2 Å². The van der Waals surface area contributed by atoms with E-state index in [2.05, 4.69) is 0 Å². The molecule has 1 aliphatic rings. The van der Waals surface area contributed by atoms with Crippen LogP contribution in [0.15, 0.2) is 54.6 Å². The molecule has 0 amide bonds. The summed E-state index contributed by atoms with van der Waals surface area (Å²) in [5.41, 5.74) is 2.62. The minimum absolute atomic E-state index is 0.333. The fourth-order valence-corrected chi connectivity index (χ4v) is 3.05. The van der Waals surface area contributed by atoms with Crippen LogP contribution in [0.4, 0.5) is 0 Å². The van der Waals surface area contributed by atoms with Crippen molar-refractivity contribution < 1.29 is 19.0 Å². The fourth-order valence-electron chi connectivity index (χ4n) is 3.05. The van der Waals surface area contributed by atoms with Crippen LogP contribution in [0, 0.1) is 0 Å². The normalized spacial score (nSPS) is 12.9. The van der Waals surface area contributed by atoms with E-state index in [-0.39, 0.29) is 5.97 Å². The molecule has 1 heterocycles. The second kappa shape index (κ2) is 5.89. The average molecular weight is 320 g/mol. The van der Waals surface area contributed by atoms with Crippen LogP contribution in [-0.2, 0) is 4.74 Å². The van der Waals surface area contributed by atoms with Crippen molar-refractivity contribution in [3.63, 3.8) is 0 Å². The first-order valence-electron chi connectivity index (χ1n) is 7.78. The average Bonchev–Trinajstić information content (AvgIpc) is 2.66. The number of hydrogen-bond donors (Lipinski definition) is 0. The molecule has 0 spiro atoms. The zero-order valence-electron chi connectivity index (χ0n) is 13.2. The molecule has 0 bridgehead atoms. The summed E-state index contributed by atoms with van der Waals surface area (Å²) in [5, 5.41) is 1.87. The van der Waals surface area contributed by atoms with Crippen LogP contribution in [0.1, 0.15) is 10.4 Å².